The molecule has 0 aliphatic heterocycles. The SMILES string of the molecule is CNc1cc(N(C)Cc2ccccc2F)ncn1. The molecule has 1 heterocycles. The molecule has 0 spiro atoms. The van der Waals surface area contributed by atoms with E-state index in [1.165, 1.54) is 12.4 Å². The van der Waals surface area contributed by atoms with Gasteiger partial charge in [0, 0.05) is 32.3 Å². The van der Waals surface area contributed by atoms with Gasteiger partial charge in [-0.3, -0.25) is 0 Å². The first-order valence-corrected chi connectivity index (χ1v) is 5.65. The van der Waals surface area contributed by atoms with Gasteiger partial charge in [-0.15, -0.1) is 0 Å². The van der Waals surface area contributed by atoms with E-state index in [1.807, 2.05) is 24.1 Å². The van der Waals surface area contributed by atoms with Crippen LogP contribution in [-0.4, -0.2) is 24.1 Å². The molecular formula is C13H15FN4. The molecule has 94 valence electrons. The maximum atomic E-state index is 13.5. The maximum absolute atomic E-state index is 13.5. The summed E-state index contributed by atoms with van der Waals surface area (Å²) in [5.41, 5.74) is 0.643. The van der Waals surface area contributed by atoms with Crippen molar-refractivity contribution < 1.29 is 4.39 Å². The van der Waals surface area contributed by atoms with Gasteiger partial charge in [-0.1, -0.05) is 18.2 Å². The lowest BCUT2D eigenvalue weighted by Gasteiger charge is -2.18. The fourth-order valence-electron chi connectivity index (χ4n) is 1.66. The number of aromatic nitrogens is 2. The predicted octanol–water partition coefficient (Wildman–Crippen LogP) is 2.29. The van der Waals surface area contributed by atoms with Gasteiger partial charge in [-0.05, 0) is 6.07 Å². The fraction of sp³-hybridized carbons (Fsp3) is 0.231. The molecule has 0 saturated carbocycles. The molecular weight excluding hydrogens is 231 g/mol. The second-order valence-corrected chi connectivity index (χ2v) is 3.96. The molecule has 1 aromatic carbocycles. The van der Waals surface area contributed by atoms with Gasteiger partial charge in [0.05, 0.1) is 0 Å². The van der Waals surface area contributed by atoms with Crippen LogP contribution in [0.4, 0.5) is 16.0 Å². The van der Waals surface area contributed by atoms with Crippen LogP contribution in [0.1, 0.15) is 5.56 Å². The quantitative estimate of drug-likeness (QED) is 0.898. The van der Waals surface area contributed by atoms with E-state index >= 15 is 0 Å². The zero-order valence-corrected chi connectivity index (χ0v) is 10.4. The number of nitrogens with zero attached hydrogens (tertiary/aromatic N) is 3. The molecule has 0 atom stereocenters. The summed E-state index contributed by atoms with van der Waals surface area (Å²) in [4.78, 5) is 10.1. The highest BCUT2D eigenvalue weighted by molar-refractivity contribution is 5.47. The molecule has 1 N–H and O–H groups in total. The summed E-state index contributed by atoms with van der Waals surface area (Å²) in [6.45, 7) is 0.465. The molecule has 0 amide bonds. The van der Waals surface area contributed by atoms with Crippen LogP contribution in [0.25, 0.3) is 0 Å². The summed E-state index contributed by atoms with van der Waals surface area (Å²) < 4.78 is 13.5. The van der Waals surface area contributed by atoms with E-state index in [4.69, 9.17) is 0 Å². The van der Waals surface area contributed by atoms with Gasteiger partial charge in [-0.2, -0.15) is 0 Å². The van der Waals surface area contributed by atoms with Gasteiger partial charge in [-0.25, -0.2) is 14.4 Å². The highest BCUT2D eigenvalue weighted by Crippen LogP contribution is 2.16. The Hall–Kier alpha value is -2.17. The highest BCUT2D eigenvalue weighted by Gasteiger charge is 2.07. The highest BCUT2D eigenvalue weighted by atomic mass is 19.1. The lowest BCUT2D eigenvalue weighted by atomic mass is 10.2. The Labute approximate surface area is 105 Å². The number of halogens is 1. The Morgan fingerprint density at radius 2 is 2.06 bits per heavy atom. The van der Waals surface area contributed by atoms with E-state index in [-0.39, 0.29) is 5.82 Å². The first kappa shape index (κ1) is 12.3. The van der Waals surface area contributed by atoms with E-state index in [1.54, 1.807) is 19.2 Å². The normalized spacial score (nSPS) is 10.2. The van der Waals surface area contributed by atoms with E-state index < -0.39 is 0 Å². The van der Waals surface area contributed by atoms with Crippen molar-refractivity contribution >= 4 is 11.6 Å². The predicted molar refractivity (Wildman–Crippen MR) is 70.1 cm³/mol. The molecule has 0 aliphatic carbocycles. The number of benzene rings is 1. The van der Waals surface area contributed by atoms with E-state index in [9.17, 15) is 4.39 Å². The molecule has 18 heavy (non-hydrogen) atoms. The number of rotatable bonds is 4. The Morgan fingerprint density at radius 3 is 2.78 bits per heavy atom. The minimum absolute atomic E-state index is 0.202. The van der Waals surface area contributed by atoms with Crippen molar-refractivity contribution in [2.75, 3.05) is 24.3 Å². The van der Waals surface area contributed by atoms with Crippen molar-refractivity contribution in [3.63, 3.8) is 0 Å². The average Bonchev–Trinajstić information content (AvgIpc) is 2.41. The zero-order valence-electron chi connectivity index (χ0n) is 10.4. The van der Waals surface area contributed by atoms with Crippen molar-refractivity contribution in [1.29, 1.82) is 0 Å². The van der Waals surface area contributed by atoms with Gasteiger partial charge < -0.3 is 10.2 Å². The summed E-state index contributed by atoms with van der Waals surface area (Å²) in [7, 11) is 3.66. The fourth-order valence-corrected chi connectivity index (χ4v) is 1.66. The third kappa shape index (κ3) is 2.74. The van der Waals surface area contributed by atoms with Gasteiger partial charge in [0.25, 0.3) is 0 Å². The summed E-state index contributed by atoms with van der Waals surface area (Å²) in [6, 6.07) is 8.56. The largest absolute Gasteiger partial charge is 0.373 e. The van der Waals surface area contributed by atoms with Crippen LogP contribution in [0, 0.1) is 5.82 Å². The van der Waals surface area contributed by atoms with Crippen LogP contribution < -0.4 is 10.2 Å². The minimum Gasteiger partial charge on any atom is -0.373 e. The summed E-state index contributed by atoms with van der Waals surface area (Å²) in [5.74, 6) is 1.28. The van der Waals surface area contributed by atoms with Gasteiger partial charge in [0.15, 0.2) is 0 Å². The van der Waals surface area contributed by atoms with Crippen LogP contribution in [0.15, 0.2) is 36.7 Å². The molecule has 0 bridgehead atoms. The Kier molecular flexibility index (Phi) is 3.72. The average molecular weight is 246 g/mol. The van der Waals surface area contributed by atoms with Crippen LogP contribution in [0.2, 0.25) is 0 Å². The first-order chi connectivity index (χ1) is 8.70. The maximum Gasteiger partial charge on any atom is 0.134 e. The lowest BCUT2D eigenvalue weighted by molar-refractivity contribution is 0.607. The monoisotopic (exact) mass is 246 g/mol. The van der Waals surface area contributed by atoms with Crippen LogP contribution >= 0.6 is 0 Å². The molecule has 1 aromatic heterocycles. The van der Waals surface area contributed by atoms with Crippen molar-refractivity contribution in [3.8, 4) is 0 Å². The minimum atomic E-state index is -0.202. The van der Waals surface area contributed by atoms with Crippen LogP contribution in [0.3, 0.4) is 0 Å². The van der Waals surface area contributed by atoms with Crippen molar-refractivity contribution in [2.45, 2.75) is 6.54 Å². The third-order valence-corrected chi connectivity index (χ3v) is 2.67. The molecule has 4 nitrogen and oxygen atoms in total. The number of hydrogen-bond acceptors (Lipinski definition) is 4. The van der Waals surface area contributed by atoms with Crippen LogP contribution in [0.5, 0.6) is 0 Å². The van der Waals surface area contributed by atoms with E-state index in [0.29, 0.717) is 12.1 Å². The third-order valence-electron chi connectivity index (χ3n) is 2.67. The topological polar surface area (TPSA) is 41.0 Å². The number of nitrogens with one attached hydrogen (secondary N) is 1. The first-order valence-electron chi connectivity index (χ1n) is 5.65. The van der Waals surface area contributed by atoms with Crippen molar-refractivity contribution in [2.24, 2.45) is 0 Å². The number of hydrogen-bond donors (Lipinski definition) is 1. The second kappa shape index (κ2) is 5.44. The van der Waals surface area contributed by atoms with Crippen molar-refractivity contribution in [3.05, 3.63) is 48.0 Å². The molecule has 0 fully saturated rings. The zero-order chi connectivity index (χ0) is 13.0. The Morgan fingerprint density at radius 1 is 1.28 bits per heavy atom. The summed E-state index contributed by atoms with van der Waals surface area (Å²) in [6.07, 6.45) is 1.49. The molecule has 0 unspecified atom stereocenters. The lowest BCUT2D eigenvalue weighted by Crippen LogP contribution is -2.18. The van der Waals surface area contributed by atoms with E-state index in [2.05, 4.69) is 15.3 Å². The molecule has 0 saturated heterocycles. The summed E-state index contributed by atoms with van der Waals surface area (Å²) >= 11 is 0. The summed E-state index contributed by atoms with van der Waals surface area (Å²) in [5, 5.41) is 2.95. The smallest absolute Gasteiger partial charge is 0.134 e. The molecule has 2 aromatic rings. The molecule has 5 heteroatoms. The standard InChI is InChI=1S/C13H15FN4/c1-15-12-7-13(17-9-16-12)18(2)8-10-5-3-4-6-11(10)14/h3-7,9H,8H2,1-2H3,(H,15,16,17). The second-order valence-electron chi connectivity index (χ2n) is 3.96. The molecule has 0 aliphatic rings. The molecule has 2 rings (SSSR count). The molecule has 0 radical (unpaired) electrons. The van der Waals surface area contributed by atoms with Gasteiger partial charge >= 0.3 is 0 Å². The van der Waals surface area contributed by atoms with E-state index in [0.717, 1.165) is 11.6 Å². The van der Waals surface area contributed by atoms with Crippen LogP contribution in [-0.2, 0) is 6.54 Å². The number of anilines is 2. The Bertz CT molecular complexity index is 530. The Balaban J connectivity index is 2.16. The van der Waals surface area contributed by atoms with Gasteiger partial charge in [0.1, 0.15) is 23.8 Å². The van der Waals surface area contributed by atoms with Crippen molar-refractivity contribution in [1.82, 2.24) is 9.97 Å². The van der Waals surface area contributed by atoms with Gasteiger partial charge in [0.2, 0.25) is 0 Å².